The van der Waals surface area contributed by atoms with Gasteiger partial charge in [0, 0.05) is 28.3 Å². The number of hydrogen-bond acceptors (Lipinski definition) is 5. The molecule has 0 saturated heterocycles. The summed E-state index contributed by atoms with van der Waals surface area (Å²) in [5.41, 5.74) is 0.840. The van der Waals surface area contributed by atoms with Gasteiger partial charge in [-0.25, -0.2) is 0 Å². The molecule has 1 aromatic rings. The molecule has 0 spiro atoms. The number of hydrogen-bond donors (Lipinski definition) is 1. The molecule has 20 heavy (non-hydrogen) atoms. The molecule has 6 nitrogen and oxygen atoms in total. The van der Waals surface area contributed by atoms with Gasteiger partial charge in [-0.1, -0.05) is 0 Å². The second kappa shape index (κ2) is 6.21. The molecule has 0 heterocycles. The number of nitro groups is 1. The Morgan fingerprint density at radius 1 is 1.50 bits per heavy atom. The van der Waals surface area contributed by atoms with Crippen LogP contribution in [0.3, 0.4) is 0 Å². The Bertz CT molecular complexity index is 535. The predicted octanol–water partition coefficient (Wildman–Crippen LogP) is 3.11. The Hall–Kier alpha value is -1.63. The molecule has 0 amide bonds. The van der Waals surface area contributed by atoms with Crippen LogP contribution in [-0.4, -0.2) is 24.0 Å². The van der Waals surface area contributed by atoms with Crippen molar-refractivity contribution in [2.75, 3.05) is 12.4 Å². The van der Waals surface area contributed by atoms with Gasteiger partial charge in [-0.3, -0.25) is 14.9 Å². The van der Waals surface area contributed by atoms with Crippen molar-refractivity contribution in [3.8, 4) is 0 Å². The molecule has 2 rings (SSSR count). The van der Waals surface area contributed by atoms with Crippen LogP contribution in [0.2, 0.25) is 0 Å². The molecule has 0 unspecified atom stereocenters. The van der Waals surface area contributed by atoms with E-state index in [9.17, 15) is 14.9 Å². The van der Waals surface area contributed by atoms with E-state index in [4.69, 9.17) is 4.74 Å². The minimum absolute atomic E-state index is 0.0429. The highest BCUT2D eigenvalue weighted by molar-refractivity contribution is 9.10. The van der Waals surface area contributed by atoms with Crippen LogP contribution in [0.25, 0.3) is 0 Å². The zero-order valence-corrected chi connectivity index (χ0v) is 12.6. The summed E-state index contributed by atoms with van der Waals surface area (Å²) in [7, 11) is 1.40. The van der Waals surface area contributed by atoms with Crippen molar-refractivity contribution in [3.05, 3.63) is 32.8 Å². The molecule has 1 aromatic carbocycles. The van der Waals surface area contributed by atoms with Crippen LogP contribution >= 0.6 is 15.9 Å². The van der Waals surface area contributed by atoms with Crippen LogP contribution in [0.1, 0.15) is 19.3 Å². The molecule has 0 bridgehead atoms. The number of ether oxygens (including phenoxy) is 1. The Balaban J connectivity index is 2.01. The van der Waals surface area contributed by atoms with Gasteiger partial charge in [-0.15, -0.1) is 0 Å². The minimum atomic E-state index is -0.433. The SMILES string of the molecule is COC(=O)[C@H]1CC[C@@H](Nc2ccc([N+](=O)[O-])cc2Br)C1. The smallest absolute Gasteiger partial charge is 0.308 e. The van der Waals surface area contributed by atoms with Crippen LogP contribution in [0.5, 0.6) is 0 Å². The molecular formula is C13H15BrN2O4. The standard InChI is InChI=1S/C13H15BrN2O4/c1-20-13(17)8-2-3-9(6-8)15-12-5-4-10(16(18)19)7-11(12)14/h4-5,7-9,15H,2-3,6H2,1H3/t8-,9+/m0/s1. The summed E-state index contributed by atoms with van der Waals surface area (Å²) in [6.45, 7) is 0. The highest BCUT2D eigenvalue weighted by Crippen LogP contribution is 2.32. The number of halogens is 1. The number of non-ortho nitro benzene ring substituents is 1. The third-order valence-electron chi connectivity index (χ3n) is 3.49. The largest absolute Gasteiger partial charge is 0.469 e. The van der Waals surface area contributed by atoms with Crippen molar-refractivity contribution >= 4 is 33.3 Å². The van der Waals surface area contributed by atoms with Crippen molar-refractivity contribution in [1.29, 1.82) is 0 Å². The maximum atomic E-state index is 11.5. The van der Waals surface area contributed by atoms with E-state index < -0.39 is 4.92 Å². The molecule has 1 saturated carbocycles. The zero-order chi connectivity index (χ0) is 14.7. The van der Waals surface area contributed by atoms with Crippen LogP contribution in [-0.2, 0) is 9.53 Å². The molecule has 1 aliphatic rings. The average molecular weight is 343 g/mol. The highest BCUT2D eigenvalue weighted by atomic mass is 79.9. The predicted molar refractivity (Wildman–Crippen MR) is 77.6 cm³/mol. The van der Waals surface area contributed by atoms with E-state index in [2.05, 4.69) is 21.2 Å². The van der Waals surface area contributed by atoms with Crippen LogP contribution in [0, 0.1) is 16.0 Å². The molecule has 1 fully saturated rings. The Morgan fingerprint density at radius 2 is 2.25 bits per heavy atom. The Kier molecular flexibility index (Phi) is 4.59. The number of nitrogens with zero attached hydrogens (tertiary/aromatic N) is 1. The molecule has 0 radical (unpaired) electrons. The summed E-state index contributed by atoms with van der Waals surface area (Å²) in [5.74, 6) is -0.230. The number of esters is 1. The zero-order valence-electron chi connectivity index (χ0n) is 11.0. The number of carbonyl (C=O) groups excluding carboxylic acids is 1. The first-order valence-corrected chi connectivity index (χ1v) is 7.09. The van der Waals surface area contributed by atoms with Gasteiger partial charge in [0.1, 0.15) is 0 Å². The van der Waals surface area contributed by atoms with Crippen molar-refractivity contribution in [2.24, 2.45) is 5.92 Å². The second-order valence-corrected chi connectivity index (χ2v) is 5.65. The second-order valence-electron chi connectivity index (χ2n) is 4.80. The van der Waals surface area contributed by atoms with Crippen LogP contribution < -0.4 is 5.32 Å². The number of benzene rings is 1. The van der Waals surface area contributed by atoms with E-state index >= 15 is 0 Å². The number of anilines is 1. The fourth-order valence-electron chi connectivity index (χ4n) is 2.45. The summed E-state index contributed by atoms with van der Waals surface area (Å²) < 4.78 is 5.39. The number of nitrogens with one attached hydrogen (secondary N) is 1. The maximum absolute atomic E-state index is 11.5. The third-order valence-corrected chi connectivity index (χ3v) is 4.15. The van der Waals surface area contributed by atoms with Crippen molar-refractivity contribution in [1.82, 2.24) is 0 Å². The average Bonchev–Trinajstić information content (AvgIpc) is 2.88. The number of rotatable bonds is 4. The molecule has 7 heteroatoms. The lowest BCUT2D eigenvalue weighted by atomic mass is 10.1. The lowest BCUT2D eigenvalue weighted by molar-refractivity contribution is -0.384. The fraction of sp³-hybridized carbons (Fsp3) is 0.462. The van der Waals surface area contributed by atoms with Crippen molar-refractivity contribution < 1.29 is 14.5 Å². The molecule has 1 N–H and O–H groups in total. The Labute approximate surface area is 124 Å². The first-order chi connectivity index (χ1) is 9.51. The first kappa shape index (κ1) is 14.8. The van der Waals surface area contributed by atoms with Gasteiger partial charge in [-0.2, -0.15) is 0 Å². The van der Waals surface area contributed by atoms with E-state index in [1.807, 2.05) is 0 Å². The van der Waals surface area contributed by atoms with E-state index in [-0.39, 0.29) is 23.6 Å². The quantitative estimate of drug-likeness (QED) is 0.516. The summed E-state index contributed by atoms with van der Waals surface area (Å²) in [5, 5.41) is 14.0. The van der Waals surface area contributed by atoms with Gasteiger partial charge in [-0.05, 0) is 41.3 Å². The van der Waals surface area contributed by atoms with Gasteiger partial charge in [0.15, 0.2) is 0 Å². The Morgan fingerprint density at radius 3 is 2.85 bits per heavy atom. The van der Waals surface area contributed by atoms with Crippen molar-refractivity contribution in [3.63, 3.8) is 0 Å². The monoisotopic (exact) mass is 342 g/mol. The number of carbonyl (C=O) groups is 1. The first-order valence-electron chi connectivity index (χ1n) is 6.29. The van der Waals surface area contributed by atoms with Gasteiger partial charge in [0.05, 0.1) is 18.0 Å². The summed E-state index contributed by atoms with van der Waals surface area (Å²) in [4.78, 5) is 21.7. The molecule has 0 aliphatic heterocycles. The van der Waals surface area contributed by atoms with E-state index in [1.54, 1.807) is 6.07 Å². The summed E-state index contributed by atoms with van der Waals surface area (Å²) >= 11 is 3.32. The summed E-state index contributed by atoms with van der Waals surface area (Å²) in [6, 6.07) is 4.78. The van der Waals surface area contributed by atoms with Gasteiger partial charge in [0.25, 0.3) is 5.69 Å². The molecule has 1 aliphatic carbocycles. The number of methoxy groups -OCH3 is 1. The van der Waals surface area contributed by atoms with Crippen LogP contribution in [0.15, 0.2) is 22.7 Å². The molecule has 2 atom stereocenters. The van der Waals surface area contributed by atoms with E-state index in [0.29, 0.717) is 4.47 Å². The number of nitro benzene ring substituents is 1. The van der Waals surface area contributed by atoms with E-state index in [1.165, 1.54) is 19.2 Å². The van der Waals surface area contributed by atoms with Crippen molar-refractivity contribution in [2.45, 2.75) is 25.3 Å². The fourth-order valence-corrected chi connectivity index (χ4v) is 2.93. The molecular weight excluding hydrogens is 328 g/mol. The lowest BCUT2D eigenvalue weighted by Gasteiger charge is -2.15. The normalized spacial score (nSPS) is 21.5. The molecule has 0 aromatic heterocycles. The highest BCUT2D eigenvalue weighted by Gasteiger charge is 2.30. The minimum Gasteiger partial charge on any atom is -0.469 e. The van der Waals surface area contributed by atoms with Gasteiger partial charge in [0.2, 0.25) is 0 Å². The van der Waals surface area contributed by atoms with Gasteiger partial charge < -0.3 is 10.1 Å². The third kappa shape index (κ3) is 3.27. The summed E-state index contributed by atoms with van der Waals surface area (Å²) in [6.07, 6.45) is 2.40. The maximum Gasteiger partial charge on any atom is 0.308 e. The lowest BCUT2D eigenvalue weighted by Crippen LogP contribution is -2.19. The van der Waals surface area contributed by atoms with Gasteiger partial charge >= 0.3 is 5.97 Å². The topological polar surface area (TPSA) is 81.5 Å². The van der Waals surface area contributed by atoms with E-state index in [0.717, 1.165) is 24.9 Å². The molecule has 108 valence electrons. The van der Waals surface area contributed by atoms with Crippen LogP contribution in [0.4, 0.5) is 11.4 Å².